The highest BCUT2D eigenvalue weighted by atomic mass is 16.6. The Hall–Kier alpha value is -1.70. The van der Waals surface area contributed by atoms with Crippen molar-refractivity contribution in [3.8, 4) is 11.8 Å². The SMILES string of the molecule is CC(C)(C)OC(=O)N1CC2(CC2)CC1C#CC(=O)O. The molecule has 2 fully saturated rings. The van der Waals surface area contributed by atoms with Crippen molar-refractivity contribution in [3.63, 3.8) is 0 Å². The van der Waals surface area contributed by atoms with Gasteiger partial charge in [0.2, 0.25) is 0 Å². The molecule has 1 aliphatic heterocycles. The highest BCUT2D eigenvalue weighted by molar-refractivity contribution is 5.86. The molecule has 1 saturated heterocycles. The molecule has 2 rings (SSSR count). The first-order valence-electron chi connectivity index (χ1n) is 6.45. The lowest BCUT2D eigenvalue weighted by Crippen LogP contribution is -2.39. The summed E-state index contributed by atoms with van der Waals surface area (Å²) in [6.45, 7) is 6.06. The number of carbonyl (C=O) groups is 2. The van der Waals surface area contributed by atoms with Gasteiger partial charge in [0.15, 0.2) is 0 Å². The van der Waals surface area contributed by atoms with E-state index in [0.29, 0.717) is 6.54 Å². The number of hydrogen-bond acceptors (Lipinski definition) is 3. The number of nitrogens with zero attached hydrogens (tertiary/aromatic N) is 1. The van der Waals surface area contributed by atoms with E-state index in [-0.39, 0.29) is 11.5 Å². The Bertz CT molecular complexity index is 462. The fourth-order valence-corrected chi connectivity index (χ4v) is 2.38. The van der Waals surface area contributed by atoms with Crippen LogP contribution in [-0.4, -0.2) is 40.3 Å². The molecule has 5 heteroatoms. The first-order valence-corrected chi connectivity index (χ1v) is 6.45. The van der Waals surface area contributed by atoms with Gasteiger partial charge in [-0.05, 0) is 45.4 Å². The lowest BCUT2D eigenvalue weighted by molar-refractivity contribution is -0.130. The molecule has 0 radical (unpaired) electrons. The van der Waals surface area contributed by atoms with Crippen LogP contribution in [0.1, 0.15) is 40.0 Å². The minimum atomic E-state index is -1.17. The van der Waals surface area contributed by atoms with Crippen LogP contribution in [0.2, 0.25) is 0 Å². The number of aliphatic carboxylic acids is 1. The van der Waals surface area contributed by atoms with Crippen molar-refractivity contribution in [2.45, 2.75) is 51.7 Å². The summed E-state index contributed by atoms with van der Waals surface area (Å²) in [6.07, 6.45) is 2.52. The van der Waals surface area contributed by atoms with Gasteiger partial charge in [-0.2, -0.15) is 0 Å². The van der Waals surface area contributed by atoms with E-state index in [0.717, 1.165) is 19.3 Å². The van der Waals surface area contributed by atoms with Crippen molar-refractivity contribution in [2.24, 2.45) is 5.41 Å². The Kier molecular flexibility index (Phi) is 3.21. The van der Waals surface area contributed by atoms with Gasteiger partial charge in [-0.3, -0.25) is 4.90 Å². The molecular formula is C14H19NO4. The fourth-order valence-electron chi connectivity index (χ4n) is 2.38. The van der Waals surface area contributed by atoms with Crippen molar-refractivity contribution >= 4 is 12.1 Å². The van der Waals surface area contributed by atoms with Crippen molar-refractivity contribution < 1.29 is 19.4 Å². The van der Waals surface area contributed by atoms with Gasteiger partial charge >= 0.3 is 12.1 Å². The van der Waals surface area contributed by atoms with Crippen molar-refractivity contribution in [1.82, 2.24) is 4.90 Å². The Morgan fingerprint density at radius 1 is 1.37 bits per heavy atom. The average Bonchev–Trinajstić information content (AvgIpc) is 2.86. The Balaban J connectivity index is 2.10. The molecule has 5 nitrogen and oxygen atoms in total. The van der Waals surface area contributed by atoms with Crippen LogP contribution in [0.3, 0.4) is 0 Å². The molecule has 1 spiro atoms. The van der Waals surface area contributed by atoms with E-state index in [1.807, 2.05) is 20.8 Å². The topological polar surface area (TPSA) is 66.8 Å². The number of carboxylic acids is 1. The highest BCUT2D eigenvalue weighted by Gasteiger charge is 2.53. The maximum Gasteiger partial charge on any atom is 0.411 e. The quantitative estimate of drug-likeness (QED) is 0.679. The van der Waals surface area contributed by atoms with Gasteiger partial charge in [0.05, 0.1) is 6.04 Å². The largest absolute Gasteiger partial charge is 0.472 e. The fraction of sp³-hybridized carbons (Fsp3) is 0.714. The standard InChI is InChI=1S/C14H19NO4/c1-13(2,3)19-12(18)15-9-14(6-7-14)8-10(15)4-5-11(16)17/h10H,6-9H2,1-3H3,(H,16,17). The van der Waals surface area contributed by atoms with Crippen LogP contribution in [-0.2, 0) is 9.53 Å². The molecule has 2 aliphatic rings. The molecule has 1 heterocycles. The summed E-state index contributed by atoms with van der Waals surface area (Å²) in [7, 11) is 0. The smallest absolute Gasteiger partial charge is 0.411 e. The first kappa shape index (κ1) is 13.7. The summed E-state index contributed by atoms with van der Waals surface area (Å²) in [6, 6.07) is -0.339. The van der Waals surface area contributed by atoms with Crippen molar-refractivity contribution in [2.75, 3.05) is 6.54 Å². The second-order valence-electron chi connectivity index (χ2n) is 6.40. The van der Waals surface area contributed by atoms with E-state index >= 15 is 0 Å². The lowest BCUT2D eigenvalue weighted by Gasteiger charge is -2.26. The van der Waals surface area contributed by atoms with Gasteiger partial charge in [-0.25, -0.2) is 9.59 Å². The minimum Gasteiger partial charge on any atom is -0.472 e. The molecule has 1 unspecified atom stereocenters. The molecule has 0 aromatic rings. The van der Waals surface area contributed by atoms with Gasteiger partial charge in [-0.1, -0.05) is 5.92 Å². The summed E-state index contributed by atoms with van der Waals surface area (Å²) in [5.74, 6) is 3.62. The average molecular weight is 265 g/mol. The molecule has 0 bridgehead atoms. The number of rotatable bonds is 0. The maximum absolute atomic E-state index is 12.1. The molecule has 104 valence electrons. The summed E-state index contributed by atoms with van der Waals surface area (Å²) in [4.78, 5) is 24.2. The number of carbonyl (C=O) groups excluding carboxylic acids is 1. The second kappa shape index (κ2) is 4.44. The van der Waals surface area contributed by atoms with Crippen LogP contribution < -0.4 is 0 Å². The molecule has 1 amide bonds. The van der Waals surface area contributed by atoms with E-state index in [2.05, 4.69) is 11.8 Å². The van der Waals surface area contributed by atoms with Gasteiger partial charge in [0.1, 0.15) is 5.60 Å². The Morgan fingerprint density at radius 2 is 2.00 bits per heavy atom. The lowest BCUT2D eigenvalue weighted by atomic mass is 10.0. The number of hydrogen-bond donors (Lipinski definition) is 1. The number of carboxylic acid groups (broad SMARTS) is 1. The molecule has 1 atom stereocenters. The first-order chi connectivity index (χ1) is 8.71. The van der Waals surface area contributed by atoms with Gasteiger partial charge in [0.25, 0.3) is 0 Å². The monoisotopic (exact) mass is 265 g/mol. The van der Waals surface area contributed by atoms with E-state index in [1.165, 1.54) is 0 Å². The van der Waals surface area contributed by atoms with Crippen LogP contribution in [0.15, 0.2) is 0 Å². The molecule has 1 N–H and O–H groups in total. The molecule has 0 aromatic carbocycles. The highest BCUT2D eigenvalue weighted by Crippen LogP contribution is 2.54. The molecule has 1 saturated carbocycles. The molecular weight excluding hydrogens is 246 g/mol. The van der Waals surface area contributed by atoms with Crippen LogP contribution >= 0.6 is 0 Å². The van der Waals surface area contributed by atoms with Gasteiger partial charge in [-0.15, -0.1) is 0 Å². The van der Waals surface area contributed by atoms with Gasteiger partial charge < -0.3 is 9.84 Å². The van der Waals surface area contributed by atoms with Crippen LogP contribution in [0.4, 0.5) is 4.79 Å². The third-order valence-electron chi connectivity index (χ3n) is 3.44. The summed E-state index contributed by atoms with van der Waals surface area (Å²) in [5, 5.41) is 8.62. The molecule has 0 aromatic heterocycles. The van der Waals surface area contributed by atoms with E-state index in [4.69, 9.17) is 9.84 Å². The predicted molar refractivity (Wildman–Crippen MR) is 68.4 cm³/mol. The van der Waals surface area contributed by atoms with E-state index < -0.39 is 17.7 Å². The zero-order valence-corrected chi connectivity index (χ0v) is 11.5. The summed E-state index contributed by atoms with van der Waals surface area (Å²) in [5.41, 5.74) is -0.393. The summed E-state index contributed by atoms with van der Waals surface area (Å²) < 4.78 is 5.35. The van der Waals surface area contributed by atoms with Gasteiger partial charge in [0, 0.05) is 12.5 Å². The van der Waals surface area contributed by atoms with Crippen molar-refractivity contribution in [3.05, 3.63) is 0 Å². The van der Waals surface area contributed by atoms with Crippen LogP contribution in [0.25, 0.3) is 0 Å². The number of ether oxygens (including phenoxy) is 1. The normalized spacial score (nSPS) is 23.7. The zero-order valence-electron chi connectivity index (χ0n) is 11.5. The van der Waals surface area contributed by atoms with Crippen LogP contribution in [0.5, 0.6) is 0 Å². The minimum absolute atomic E-state index is 0.161. The maximum atomic E-state index is 12.1. The second-order valence-corrected chi connectivity index (χ2v) is 6.40. The zero-order chi connectivity index (χ0) is 14.3. The number of amides is 1. The van der Waals surface area contributed by atoms with E-state index in [9.17, 15) is 9.59 Å². The van der Waals surface area contributed by atoms with Crippen molar-refractivity contribution in [1.29, 1.82) is 0 Å². The third kappa shape index (κ3) is 3.40. The summed E-state index contributed by atoms with van der Waals surface area (Å²) >= 11 is 0. The predicted octanol–water partition coefficient (Wildman–Crippen LogP) is 1.86. The van der Waals surface area contributed by atoms with E-state index in [1.54, 1.807) is 4.90 Å². The van der Waals surface area contributed by atoms with Crippen LogP contribution in [0, 0.1) is 17.3 Å². The molecule has 1 aliphatic carbocycles. The third-order valence-corrected chi connectivity index (χ3v) is 3.44. The Morgan fingerprint density at radius 3 is 2.47 bits per heavy atom. The number of likely N-dealkylation sites (tertiary alicyclic amines) is 1. The Labute approximate surface area is 112 Å². The molecule has 19 heavy (non-hydrogen) atoms.